The zero-order chi connectivity index (χ0) is 13.3. The summed E-state index contributed by atoms with van der Waals surface area (Å²) in [6, 6.07) is 1.72. The van der Waals surface area contributed by atoms with E-state index in [1.807, 2.05) is 20.8 Å². The Labute approximate surface area is 106 Å². The maximum absolute atomic E-state index is 11.7. The van der Waals surface area contributed by atoms with Crippen LogP contribution in [0.15, 0.2) is 10.6 Å². The third-order valence-electron chi connectivity index (χ3n) is 2.68. The Hall–Kier alpha value is -1.56. The fraction of sp³-hybridized carbons (Fsp3) is 0.667. The Bertz CT molecular complexity index is 430. The summed E-state index contributed by atoms with van der Waals surface area (Å²) in [4.78, 5) is 13.3. The smallest absolute Gasteiger partial charge is 0.410 e. The second kappa shape index (κ2) is 4.61. The summed E-state index contributed by atoms with van der Waals surface area (Å²) in [7, 11) is 0. The van der Waals surface area contributed by atoms with E-state index in [1.165, 1.54) is 0 Å². The first-order chi connectivity index (χ1) is 8.39. The van der Waals surface area contributed by atoms with Gasteiger partial charge < -0.3 is 19.3 Å². The molecule has 0 radical (unpaired) electrons. The van der Waals surface area contributed by atoms with E-state index in [4.69, 9.17) is 14.4 Å². The Morgan fingerprint density at radius 1 is 1.61 bits per heavy atom. The molecule has 100 valence electrons. The molecule has 1 amide bonds. The molecule has 6 heteroatoms. The number of carbonyl (C=O) groups excluding carboxylic acids is 1. The van der Waals surface area contributed by atoms with Crippen molar-refractivity contribution in [3.63, 3.8) is 0 Å². The number of aliphatic hydroxyl groups excluding tert-OH is 1. The average Bonchev–Trinajstić information content (AvgIpc) is 2.60. The lowest BCUT2D eigenvalue weighted by atomic mass is 9.97. The van der Waals surface area contributed by atoms with E-state index in [2.05, 4.69) is 5.16 Å². The van der Waals surface area contributed by atoms with Gasteiger partial charge in [0.1, 0.15) is 12.2 Å². The number of likely N-dealkylation sites (tertiary alicyclic amines) is 1. The van der Waals surface area contributed by atoms with Gasteiger partial charge in [-0.05, 0) is 20.8 Å². The zero-order valence-corrected chi connectivity index (χ0v) is 10.8. The van der Waals surface area contributed by atoms with Crippen LogP contribution in [-0.2, 0) is 11.3 Å². The highest BCUT2D eigenvalue weighted by molar-refractivity contribution is 5.69. The molecule has 2 rings (SSSR count). The normalized spacial score (nSPS) is 16.6. The Morgan fingerprint density at radius 2 is 2.28 bits per heavy atom. The average molecular weight is 254 g/mol. The Morgan fingerprint density at radius 3 is 2.78 bits per heavy atom. The Balaban J connectivity index is 1.85. The monoisotopic (exact) mass is 254 g/mol. The van der Waals surface area contributed by atoms with Gasteiger partial charge in [-0.25, -0.2) is 4.79 Å². The van der Waals surface area contributed by atoms with E-state index in [-0.39, 0.29) is 18.6 Å². The molecule has 1 fully saturated rings. The van der Waals surface area contributed by atoms with E-state index in [0.29, 0.717) is 18.8 Å². The number of amides is 1. The van der Waals surface area contributed by atoms with Crippen LogP contribution in [0.1, 0.15) is 38.1 Å². The van der Waals surface area contributed by atoms with Crippen molar-refractivity contribution in [2.45, 2.75) is 38.9 Å². The molecule has 0 atom stereocenters. The molecule has 6 nitrogen and oxygen atoms in total. The molecule has 0 aromatic carbocycles. The number of ether oxygens (including phenoxy) is 1. The number of aromatic nitrogens is 1. The number of carbonyl (C=O) groups is 1. The lowest BCUT2D eigenvalue weighted by Gasteiger charge is -2.38. The lowest BCUT2D eigenvalue weighted by Crippen LogP contribution is -2.50. The van der Waals surface area contributed by atoms with Gasteiger partial charge in [0.25, 0.3) is 0 Å². The minimum atomic E-state index is -0.472. The molecule has 0 aliphatic carbocycles. The maximum Gasteiger partial charge on any atom is 0.410 e. The summed E-state index contributed by atoms with van der Waals surface area (Å²) in [5.74, 6) is 0.613. The third kappa shape index (κ3) is 2.81. The number of hydrogen-bond donors (Lipinski definition) is 1. The quantitative estimate of drug-likeness (QED) is 0.865. The topological polar surface area (TPSA) is 75.8 Å². The van der Waals surface area contributed by atoms with Crippen LogP contribution in [0, 0.1) is 0 Å². The summed E-state index contributed by atoms with van der Waals surface area (Å²) in [6.45, 7) is 6.52. The summed E-state index contributed by atoms with van der Waals surface area (Å²) >= 11 is 0. The first-order valence-corrected chi connectivity index (χ1v) is 5.93. The van der Waals surface area contributed by atoms with Crippen LogP contribution in [-0.4, -0.2) is 39.9 Å². The fourth-order valence-electron chi connectivity index (χ4n) is 1.74. The SMILES string of the molecule is CC(C)(C)OC(=O)N1CC(c2cc(CO)on2)C1. The molecule has 1 aromatic rings. The van der Waals surface area contributed by atoms with E-state index >= 15 is 0 Å². The minimum Gasteiger partial charge on any atom is -0.444 e. The Kier molecular flexibility index (Phi) is 3.30. The van der Waals surface area contributed by atoms with E-state index in [1.54, 1.807) is 11.0 Å². The molecule has 1 aromatic heterocycles. The highest BCUT2D eigenvalue weighted by Gasteiger charge is 2.36. The van der Waals surface area contributed by atoms with Crippen molar-refractivity contribution >= 4 is 6.09 Å². The largest absolute Gasteiger partial charge is 0.444 e. The van der Waals surface area contributed by atoms with Crippen LogP contribution in [0.2, 0.25) is 0 Å². The zero-order valence-electron chi connectivity index (χ0n) is 10.8. The molecule has 0 unspecified atom stereocenters. The summed E-state index contributed by atoms with van der Waals surface area (Å²) in [6.07, 6.45) is -0.301. The van der Waals surface area contributed by atoms with Gasteiger partial charge in [0.2, 0.25) is 0 Å². The second-order valence-corrected chi connectivity index (χ2v) is 5.46. The number of rotatable bonds is 2. The summed E-state index contributed by atoms with van der Waals surface area (Å²) in [5, 5.41) is 12.7. The third-order valence-corrected chi connectivity index (χ3v) is 2.68. The van der Waals surface area contributed by atoms with Gasteiger partial charge in [-0.15, -0.1) is 0 Å². The first kappa shape index (κ1) is 12.9. The molecule has 18 heavy (non-hydrogen) atoms. The predicted molar refractivity (Wildman–Crippen MR) is 63.0 cm³/mol. The van der Waals surface area contributed by atoms with Crippen LogP contribution in [0.3, 0.4) is 0 Å². The van der Waals surface area contributed by atoms with Crippen LogP contribution >= 0.6 is 0 Å². The van der Waals surface area contributed by atoms with Crippen LogP contribution in [0.5, 0.6) is 0 Å². The molecule has 0 bridgehead atoms. The molecule has 1 aliphatic rings. The van der Waals surface area contributed by atoms with Crippen LogP contribution in [0.25, 0.3) is 0 Å². The van der Waals surface area contributed by atoms with Gasteiger partial charge in [-0.1, -0.05) is 5.16 Å². The van der Waals surface area contributed by atoms with E-state index in [0.717, 1.165) is 5.69 Å². The van der Waals surface area contributed by atoms with Gasteiger partial charge in [0.15, 0.2) is 5.76 Å². The van der Waals surface area contributed by atoms with Crippen LogP contribution < -0.4 is 0 Å². The van der Waals surface area contributed by atoms with Crippen molar-refractivity contribution in [2.75, 3.05) is 13.1 Å². The van der Waals surface area contributed by atoms with Crippen molar-refractivity contribution in [1.29, 1.82) is 0 Å². The molecular weight excluding hydrogens is 236 g/mol. The van der Waals surface area contributed by atoms with E-state index in [9.17, 15) is 4.79 Å². The van der Waals surface area contributed by atoms with Crippen molar-refractivity contribution in [3.05, 3.63) is 17.5 Å². The number of aliphatic hydroxyl groups is 1. The fourth-order valence-corrected chi connectivity index (χ4v) is 1.74. The highest BCUT2D eigenvalue weighted by Crippen LogP contribution is 2.28. The lowest BCUT2D eigenvalue weighted by molar-refractivity contribution is 0.00763. The van der Waals surface area contributed by atoms with Gasteiger partial charge in [0, 0.05) is 25.1 Å². The van der Waals surface area contributed by atoms with Gasteiger partial charge in [-0.2, -0.15) is 0 Å². The minimum absolute atomic E-state index is 0.157. The van der Waals surface area contributed by atoms with Gasteiger partial charge in [0.05, 0.1) is 5.69 Å². The molecule has 1 N–H and O–H groups in total. The van der Waals surface area contributed by atoms with E-state index < -0.39 is 5.60 Å². The van der Waals surface area contributed by atoms with Crippen molar-refractivity contribution in [2.24, 2.45) is 0 Å². The van der Waals surface area contributed by atoms with Gasteiger partial charge in [-0.3, -0.25) is 0 Å². The second-order valence-electron chi connectivity index (χ2n) is 5.46. The molecule has 2 heterocycles. The summed E-state index contributed by atoms with van der Waals surface area (Å²) < 4.78 is 10.2. The van der Waals surface area contributed by atoms with Gasteiger partial charge >= 0.3 is 6.09 Å². The molecular formula is C12H18N2O4. The molecule has 1 aliphatic heterocycles. The standard InChI is InChI=1S/C12H18N2O4/c1-12(2,3)17-11(16)14-5-8(6-14)10-4-9(7-15)18-13-10/h4,8,15H,5-7H2,1-3H3. The first-order valence-electron chi connectivity index (χ1n) is 5.93. The number of hydrogen-bond acceptors (Lipinski definition) is 5. The van der Waals surface area contributed by atoms with Crippen molar-refractivity contribution in [3.8, 4) is 0 Å². The van der Waals surface area contributed by atoms with Crippen molar-refractivity contribution in [1.82, 2.24) is 10.1 Å². The molecule has 0 saturated carbocycles. The highest BCUT2D eigenvalue weighted by atomic mass is 16.6. The summed E-state index contributed by atoms with van der Waals surface area (Å²) in [5.41, 5.74) is 0.305. The predicted octanol–water partition coefficient (Wildman–Crippen LogP) is 1.50. The molecule has 1 saturated heterocycles. The molecule has 0 spiro atoms. The van der Waals surface area contributed by atoms with Crippen molar-refractivity contribution < 1.29 is 19.2 Å². The number of nitrogens with zero attached hydrogens (tertiary/aromatic N) is 2. The van der Waals surface area contributed by atoms with Crippen LogP contribution in [0.4, 0.5) is 4.79 Å². The maximum atomic E-state index is 11.7.